The van der Waals surface area contributed by atoms with Crippen LogP contribution in [0, 0.1) is 6.92 Å². The first kappa shape index (κ1) is 18.1. The summed E-state index contributed by atoms with van der Waals surface area (Å²) in [5.74, 6) is 2.10. The van der Waals surface area contributed by atoms with Crippen molar-refractivity contribution in [3.63, 3.8) is 0 Å². The summed E-state index contributed by atoms with van der Waals surface area (Å²) >= 11 is 3.24. The summed E-state index contributed by atoms with van der Waals surface area (Å²) in [6, 6.07) is 18.4. The maximum atomic E-state index is 13.3. The highest BCUT2D eigenvalue weighted by Crippen LogP contribution is 2.43. The Morgan fingerprint density at radius 1 is 1.15 bits per heavy atom. The van der Waals surface area contributed by atoms with Crippen LogP contribution in [0.25, 0.3) is 0 Å². The number of carbonyl (C=O) groups is 1. The third-order valence-corrected chi connectivity index (χ3v) is 6.81. The van der Waals surface area contributed by atoms with Gasteiger partial charge in [-0.1, -0.05) is 54.2 Å². The van der Waals surface area contributed by atoms with Gasteiger partial charge in [0.25, 0.3) is 0 Å². The summed E-state index contributed by atoms with van der Waals surface area (Å²) in [5.41, 5.74) is 2.15. The summed E-state index contributed by atoms with van der Waals surface area (Å²) in [7, 11) is 1.92. The summed E-state index contributed by atoms with van der Waals surface area (Å²) in [4.78, 5) is 16.4. The van der Waals surface area contributed by atoms with Gasteiger partial charge in [-0.15, -0.1) is 22.0 Å². The average molecular weight is 397 g/mol. The zero-order chi connectivity index (χ0) is 18.8. The van der Waals surface area contributed by atoms with E-state index in [1.807, 2.05) is 59.8 Å². The van der Waals surface area contributed by atoms with Gasteiger partial charge in [0.15, 0.2) is 5.16 Å². The van der Waals surface area contributed by atoms with E-state index in [4.69, 9.17) is 0 Å². The van der Waals surface area contributed by atoms with E-state index in [9.17, 15) is 4.79 Å². The molecule has 2 heterocycles. The molecule has 0 bridgehead atoms. The van der Waals surface area contributed by atoms with E-state index in [1.54, 1.807) is 11.8 Å². The lowest BCUT2D eigenvalue weighted by molar-refractivity contribution is -0.116. The summed E-state index contributed by atoms with van der Waals surface area (Å²) in [6.45, 7) is 1.91. The highest BCUT2D eigenvalue weighted by atomic mass is 32.2. The fourth-order valence-corrected chi connectivity index (χ4v) is 5.11. The molecular formula is C20H20N4OS2. The number of anilines is 1. The number of rotatable bonds is 4. The normalized spacial score (nSPS) is 16.2. The highest BCUT2D eigenvalue weighted by Gasteiger charge is 2.32. The third-order valence-electron chi connectivity index (χ3n) is 4.66. The largest absolute Gasteiger partial charge is 0.309 e. The number of benzene rings is 2. The minimum absolute atomic E-state index is 0.0282. The van der Waals surface area contributed by atoms with Crippen molar-refractivity contribution in [1.29, 1.82) is 0 Å². The van der Waals surface area contributed by atoms with Crippen LogP contribution in [0.1, 0.15) is 17.4 Å². The van der Waals surface area contributed by atoms with Crippen molar-refractivity contribution in [2.24, 2.45) is 7.05 Å². The van der Waals surface area contributed by atoms with Crippen molar-refractivity contribution in [3.05, 3.63) is 66.0 Å². The first-order valence-corrected chi connectivity index (χ1v) is 10.7. The minimum Gasteiger partial charge on any atom is -0.309 e. The van der Waals surface area contributed by atoms with Crippen LogP contribution in [0.2, 0.25) is 0 Å². The van der Waals surface area contributed by atoms with Gasteiger partial charge in [-0.25, -0.2) is 0 Å². The quantitative estimate of drug-likeness (QED) is 0.622. The molecule has 1 amide bonds. The van der Waals surface area contributed by atoms with Gasteiger partial charge in [0.2, 0.25) is 5.91 Å². The Morgan fingerprint density at radius 2 is 1.89 bits per heavy atom. The Labute approximate surface area is 167 Å². The molecule has 0 spiro atoms. The zero-order valence-electron chi connectivity index (χ0n) is 15.2. The molecule has 1 aromatic heterocycles. The van der Waals surface area contributed by atoms with Crippen molar-refractivity contribution in [2.75, 3.05) is 16.4 Å². The minimum atomic E-state index is 0.0282. The van der Waals surface area contributed by atoms with Crippen LogP contribution in [0.3, 0.4) is 0 Å². The van der Waals surface area contributed by atoms with E-state index in [0.29, 0.717) is 5.75 Å². The van der Waals surface area contributed by atoms with E-state index in [0.717, 1.165) is 32.9 Å². The molecule has 1 atom stereocenters. The van der Waals surface area contributed by atoms with Crippen LogP contribution in [-0.2, 0) is 11.8 Å². The first-order chi connectivity index (χ1) is 13.1. The number of thioether (sulfide) groups is 2. The van der Waals surface area contributed by atoms with Crippen LogP contribution in [-0.4, -0.2) is 32.2 Å². The maximum Gasteiger partial charge on any atom is 0.238 e. The van der Waals surface area contributed by atoms with Crippen LogP contribution in [0.15, 0.2) is 64.6 Å². The zero-order valence-corrected chi connectivity index (χ0v) is 16.8. The van der Waals surface area contributed by atoms with Crippen molar-refractivity contribution in [1.82, 2.24) is 14.8 Å². The van der Waals surface area contributed by atoms with Crippen molar-refractivity contribution < 1.29 is 4.79 Å². The van der Waals surface area contributed by atoms with Gasteiger partial charge in [0.05, 0.1) is 17.5 Å². The van der Waals surface area contributed by atoms with Crippen LogP contribution < -0.4 is 4.90 Å². The Kier molecular flexibility index (Phi) is 5.22. The number of carbonyl (C=O) groups excluding carboxylic acids is 1. The van der Waals surface area contributed by atoms with E-state index in [2.05, 4.69) is 28.4 Å². The standard InChI is InChI=1S/C20H20N4OS2/c1-14-21-22-20(23(14)2)27-13-19(25)24-16-10-6-7-11-18(16)26-12-17(24)15-8-4-3-5-9-15/h3-11,17H,12-13H2,1-2H3/t17-/m0/s1. The second kappa shape index (κ2) is 7.78. The molecule has 2 aromatic carbocycles. The Hall–Kier alpha value is -2.25. The van der Waals surface area contributed by atoms with Gasteiger partial charge in [0.1, 0.15) is 5.82 Å². The second-order valence-electron chi connectivity index (χ2n) is 6.35. The molecule has 1 aliphatic rings. The molecule has 7 heteroatoms. The number of para-hydroxylation sites is 1. The van der Waals surface area contributed by atoms with Crippen molar-refractivity contribution in [3.8, 4) is 0 Å². The van der Waals surface area contributed by atoms with Gasteiger partial charge < -0.3 is 9.47 Å². The Morgan fingerprint density at radius 3 is 2.63 bits per heavy atom. The number of aromatic nitrogens is 3. The number of hydrogen-bond acceptors (Lipinski definition) is 5. The molecule has 0 radical (unpaired) electrons. The predicted molar refractivity (Wildman–Crippen MR) is 110 cm³/mol. The van der Waals surface area contributed by atoms with E-state index < -0.39 is 0 Å². The van der Waals surface area contributed by atoms with Gasteiger partial charge in [0, 0.05) is 17.7 Å². The third kappa shape index (κ3) is 3.61. The molecule has 138 valence electrons. The molecule has 0 aliphatic carbocycles. The lowest BCUT2D eigenvalue weighted by atomic mass is 10.1. The van der Waals surface area contributed by atoms with Gasteiger partial charge in [-0.05, 0) is 24.6 Å². The second-order valence-corrected chi connectivity index (χ2v) is 8.35. The summed E-state index contributed by atoms with van der Waals surface area (Å²) in [5, 5.41) is 8.98. The summed E-state index contributed by atoms with van der Waals surface area (Å²) < 4.78 is 1.91. The van der Waals surface area contributed by atoms with Gasteiger partial charge in [-0.2, -0.15) is 0 Å². The molecule has 0 saturated carbocycles. The van der Waals surface area contributed by atoms with Crippen LogP contribution in [0.4, 0.5) is 5.69 Å². The van der Waals surface area contributed by atoms with E-state index in [-0.39, 0.29) is 11.9 Å². The van der Waals surface area contributed by atoms with Crippen molar-refractivity contribution >= 4 is 35.1 Å². The SMILES string of the molecule is Cc1nnc(SCC(=O)N2c3ccccc3SC[C@H]2c2ccccc2)n1C. The van der Waals surface area contributed by atoms with Crippen LogP contribution >= 0.6 is 23.5 Å². The molecular weight excluding hydrogens is 376 g/mol. The molecule has 0 unspecified atom stereocenters. The van der Waals surface area contributed by atoms with Gasteiger partial charge in [-0.3, -0.25) is 4.79 Å². The average Bonchev–Trinajstić information content (AvgIpc) is 3.04. The van der Waals surface area contributed by atoms with E-state index >= 15 is 0 Å². The molecule has 1 aliphatic heterocycles. The van der Waals surface area contributed by atoms with Crippen LogP contribution in [0.5, 0.6) is 0 Å². The topological polar surface area (TPSA) is 51.0 Å². The smallest absolute Gasteiger partial charge is 0.238 e. The highest BCUT2D eigenvalue weighted by molar-refractivity contribution is 8.00. The number of hydrogen-bond donors (Lipinski definition) is 0. The fourth-order valence-electron chi connectivity index (χ4n) is 3.13. The molecule has 5 nitrogen and oxygen atoms in total. The summed E-state index contributed by atoms with van der Waals surface area (Å²) in [6.07, 6.45) is 0. The number of aryl methyl sites for hydroxylation is 1. The monoisotopic (exact) mass is 396 g/mol. The molecule has 27 heavy (non-hydrogen) atoms. The van der Waals surface area contributed by atoms with E-state index in [1.165, 1.54) is 11.8 Å². The lowest BCUT2D eigenvalue weighted by Gasteiger charge is -2.37. The molecule has 3 aromatic rings. The number of amides is 1. The molecule has 0 saturated heterocycles. The lowest BCUT2D eigenvalue weighted by Crippen LogP contribution is -2.39. The Bertz CT molecular complexity index is 958. The molecule has 0 N–H and O–H groups in total. The predicted octanol–water partition coefficient (Wildman–Crippen LogP) is 4.10. The fraction of sp³-hybridized carbons (Fsp3) is 0.250. The number of fused-ring (bicyclic) bond motifs is 1. The Balaban J connectivity index is 1.63. The maximum absolute atomic E-state index is 13.3. The number of nitrogens with zero attached hydrogens (tertiary/aromatic N) is 4. The molecule has 4 rings (SSSR count). The molecule has 0 fully saturated rings. The first-order valence-electron chi connectivity index (χ1n) is 8.73. The van der Waals surface area contributed by atoms with Gasteiger partial charge >= 0.3 is 0 Å². The van der Waals surface area contributed by atoms with Crippen molar-refractivity contribution in [2.45, 2.75) is 23.0 Å².